The van der Waals surface area contributed by atoms with Crippen molar-refractivity contribution in [2.75, 3.05) is 31.7 Å². The summed E-state index contributed by atoms with van der Waals surface area (Å²) >= 11 is 0. The van der Waals surface area contributed by atoms with Gasteiger partial charge in [0.25, 0.3) is 0 Å². The van der Waals surface area contributed by atoms with E-state index in [4.69, 9.17) is 14.7 Å². The lowest BCUT2D eigenvalue weighted by atomic mass is 10.0. The molecule has 0 saturated carbocycles. The summed E-state index contributed by atoms with van der Waals surface area (Å²) in [4.78, 5) is 0. The number of rotatable bonds is 5. The predicted molar refractivity (Wildman–Crippen MR) is 69.6 cm³/mol. The van der Waals surface area contributed by atoms with Crippen molar-refractivity contribution in [3.8, 4) is 11.8 Å². The average molecular weight is 246 g/mol. The first-order chi connectivity index (χ1) is 8.88. The highest BCUT2D eigenvalue weighted by molar-refractivity contribution is 5.48. The molecule has 0 bridgehead atoms. The number of ether oxygens (including phenoxy) is 2. The number of hydrogen-bond acceptors (Lipinski definition) is 4. The number of nitrogens with zero attached hydrogens (tertiary/aromatic N) is 1. The van der Waals surface area contributed by atoms with Gasteiger partial charge in [-0.2, -0.15) is 5.26 Å². The van der Waals surface area contributed by atoms with E-state index in [0.29, 0.717) is 5.92 Å². The van der Waals surface area contributed by atoms with Crippen LogP contribution in [0.15, 0.2) is 24.3 Å². The topological polar surface area (TPSA) is 54.3 Å². The Hall–Kier alpha value is -1.73. The van der Waals surface area contributed by atoms with Crippen LogP contribution >= 0.6 is 0 Å². The largest absolute Gasteiger partial charge is 0.479 e. The van der Waals surface area contributed by atoms with E-state index < -0.39 is 0 Å². The van der Waals surface area contributed by atoms with Crippen molar-refractivity contribution in [1.29, 1.82) is 5.26 Å². The third-order valence-electron chi connectivity index (χ3n) is 3.07. The monoisotopic (exact) mass is 246 g/mol. The lowest BCUT2D eigenvalue weighted by Gasteiger charge is -2.22. The highest BCUT2D eigenvalue weighted by Gasteiger charge is 2.13. The van der Waals surface area contributed by atoms with Crippen molar-refractivity contribution in [2.45, 2.75) is 12.8 Å². The van der Waals surface area contributed by atoms with Gasteiger partial charge < -0.3 is 14.8 Å². The molecule has 0 aromatic heterocycles. The maximum atomic E-state index is 8.47. The summed E-state index contributed by atoms with van der Waals surface area (Å²) in [5, 5.41) is 11.9. The minimum absolute atomic E-state index is 0.0867. The van der Waals surface area contributed by atoms with Crippen LogP contribution in [0.25, 0.3) is 0 Å². The molecule has 18 heavy (non-hydrogen) atoms. The molecule has 1 aliphatic heterocycles. The van der Waals surface area contributed by atoms with Gasteiger partial charge in [-0.15, -0.1) is 0 Å². The van der Waals surface area contributed by atoms with Crippen LogP contribution in [0.1, 0.15) is 12.8 Å². The smallest absolute Gasteiger partial charge is 0.174 e. The van der Waals surface area contributed by atoms with Crippen molar-refractivity contribution in [3.05, 3.63) is 24.3 Å². The molecule has 96 valence electrons. The summed E-state index contributed by atoms with van der Waals surface area (Å²) in [6.45, 7) is 2.80. The normalized spacial score (nSPS) is 15.9. The Morgan fingerprint density at radius 3 is 3.00 bits per heavy atom. The fourth-order valence-electron chi connectivity index (χ4n) is 2.02. The van der Waals surface area contributed by atoms with E-state index >= 15 is 0 Å². The Morgan fingerprint density at radius 1 is 1.39 bits per heavy atom. The second-order valence-electron chi connectivity index (χ2n) is 4.41. The molecule has 1 N–H and O–H groups in total. The third-order valence-corrected chi connectivity index (χ3v) is 3.07. The van der Waals surface area contributed by atoms with Gasteiger partial charge in [0.05, 0.1) is 0 Å². The van der Waals surface area contributed by atoms with E-state index in [9.17, 15) is 0 Å². The second-order valence-corrected chi connectivity index (χ2v) is 4.41. The summed E-state index contributed by atoms with van der Waals surface area (Å²) < 4.78 is 10.6. The molecular weight excluding hydrogens is 228 g/mol. The quantitative estimate of drug-likeness (QED) is 0.867. The first-order valence-corrected chi connectivity index (χ1v) is 6.30. The van der Waals surface area contributed by atoms with E-state index in [1.165, 1.54) is 0 Å². The van der Waals surface area contributed by atoms with Crippen LogP contribution in [-0.2, 0) is 4.74 Å². The average Bonchev–Trinajstić information content (AvgIpc) is 2.44. The molecule has 1 aliphatic rings. The Morgan fingerprint density at radius 2 is 2.22 bits per heavy atom. The molecule has 2 rings (SSSR count). The first kappa shape index (κ1) is 12.7. The molecule has 1 heterocycles. The van der Waals surface area contributed by atoms with Gasteiger partial charge in [-0.05, 0) is 30.9 Å². The van der Waals surface area contributed by atoms with Crippen molar-refractivity contribution < 1.29 is 9.47 Å². The summed E-state index contributed by atoms with van der Waals surface area (Å²) in [6, 6.07) is 9.69. The van der Waals surface area contributed by atoms with Gasteiger partial charge in [0, 0.05) is 31.5 Å². The molecule has 4 heteroatoms. The zero-order chi connectivity index (χ0) is 12.6. The molecule has 0 spiro atoms. The van der Waals surface area contributed by atoms with Gasteiger partial charge in [-0.1, -0.05) is 6.07 Å². The first-order valence-electron chi connectivity index (χ1n) is 6.30. The minimum atomic E-state index is 0.0867. The van der Waals surface area contributed by atoms with Crippen LogP contribution in [0.4, 0.5) is 5.69 Å². The molecule has 0 amide bonds. The van der Waals surface area contributed by atoms with Crippen molar-refractivity contribution >= 4 is 5.69 Å². The van der Waals surface area contributed by atoms with E-state index in [1.807, 2.05) is 30.3 Å². The second kappa shape index (κ2) is 6.87. The maximum absolute atomic E-state index is 8.47. The number of nitrogens with one attached hydrogen (secondary N) is 1. The lowest BCUT2D eigenvalue weighted by molar-refractivity contribution is 0.0699. The van der Waals surface area contributed by atoms with Crippen LogP contribution in [-0.4, -0.2) is 26.4 Å². The van der Waals surface area contributed by atoms with Crippen LogP contribution < -0.4 is 10.1 Å². The van der Waals surface area contributed by atoms with Crippen molar-refractivity contribution in [1.82, 2.24) is 0 Å². The SMILES string of the molecule is N#CCOc1cccc(NCC2CCOCC2)c1. The summed E-state index contributed by atoms with van der Waals surface area (Å²) in [5.41, 5.74) is 1.04. The molecule has 1 saturated heterocycles. The lowest BCUT2D eigenvalue weighted by Crippen LogP contribution is -2.22. The zero-order valence-corrected chi connectivity index (χ0v) is 10.4. The number of hydrogen-bond donors (Lipinski definition) is 1. The zero-order valence-electron chi connectivity index (χ0n) is 10.4. The van der Waals surface area contributed by atoms with Crippen LogP contribution in [0.5, 0.6) is 5.75 Å². The van der Waals surface area contributed by atoms with E-state index in [2.05, 4.69) is 5.32 Å². The summed E-state index contributed by atoms with van der Waals surface area (Å²) in [7, 11) is 0. The molecule has 0 atom stereocenters. The number of benzene rings is 1. The Balaban J connectivity index is 1.82. The molecule has 1 aromatic carbocycles. The van der Waals surface area contributed by atoms with Crippen LogP contribution in [0, 0.1) is 17.2 Å². The molecule has 0 radical (unpaired) electrons. The van der Waals surface area contributed by atoms with Gasteiger partial charge in [0.2, 0.25) is 0 Å². The highest BCUT2D eigenvalue weighted by atomic mass is 16.5. The molecule has 1 fully saturated rings. The molecular formula is C14H18N2O2. The van der Waals surface area contributed by atoms with E-state index in [-0.39, 0.29) is 6.61 Å². The van der Waals surface area contributed by atoms with Crippen molar-refractivity contribution in [3.63, 3.8) is 0 Å². The van der Waals surface area contributed by atoms with Gasteiger partial charge in [-0.3, -0.25) is 0 Å². The number of nitriles is 1. The van der Waals surface area contributed by atoms with Crippen LogP contribution in [0.3, 0.4) is 0 Å². The fourth-order valence-corrected chi connectivity index (χ4v) is 2.02. The third kappa shape index (κ3) is 3.94. The molecule has 0 unspecified atom stereocenters. The number of anilines is 1. The fraction of sp³-hybridized carbons (Fsp3) is 0.500. The van der Waals surface area contributed by atoms with Crippen molar-refractivity contribution in [2.24, 2.45) is 5.92 Å². The van der Waals surface area contributed by atoms with Gasteiger partial charge in [0.15, 0.2) is 6.61 Å². The maximum Gasteiger partial charge on any atom is 0.174 e. The van der Waals surface area contributed by atoms with Crippen LogP contribution in [0.2, 0.25) is 0 Å². The highest BCUT2D eigenvalue weighted by Crippen LogP contribution is 2.19. The predicted octanol–water partition coefficient (Wildman–Crippen LogP) is 2.43. The van der Waals surface area contributed by atoms with E-state index in [1.54, 1.807) is 0 Å². The molecule has 1 aromatic rings. The minimum Gasteiger partial charge on any atom is -0.479 e. The summed E-state index contributed by atoms with van der Waals surface area (Å²) in [5.74, 6) is 1.41. The molecule has 0 aliphatic carbocycles. The standard InChI is InChI=1S/C14H18N2O2/c15-6-9-18-14-3-1-2-13(10-14)16-11-12-4-7-17-8-5-12/h1-3,10,12,16H,4-5,7-9,11H2. The van der Waals surface area contributed by atoms with Gasteiger partial charge >= 0.3 is 0 Å². The Kier molecular flexibility index (Phi) is 4.86. The Labute approximate surface area is 108 Å². The Bertz CT molecular complexity index is 409. The molecule has 4 nitrogen and oxygen atoms in total. The van der Waals surface area contributed by atoms with E-state index in [0.717, 1.165) is 44.0 Å². The van der Waals surface area contributed by atoms with Gasteiger partial charge in [-0.25, -0.2) is 0 Å². The van der Waals surface area contributed by atoms with Gasteiger partial charge in [0.1, 0.15) is 11.8 Å². The summed E-state index contributed by atoms with van der Waals surface area (Å²) in [6.07, 6.45) is 2.25.